The Kier molecular flexibility index (Phi) is 4.92. The minimum Gasteiger partial charge on any atom is -0.389 e. The normalized spacial score (nSPS) is 15.5. The van der Waals surface area contributed by atoms with E-state index >= 15 is 0 Å². The Morgan fingerprint density at radius 3 is 2.44 bits per heavy atom. The maximum Gasteiger partial charge on any atom is 0.126 e. The van der Waals surface area contributed by atoms with Gasteiger partial charge in [-0.3, -0.25) is 0 Å². The molecule has 0 fully saturated rings. The highest BCUT2D eigenvalue weighted by atomic mass is 79.9. The van der Waals surface area contributed by atoms with Gasteiger partial charge in [0.1, 0.15) is 5.82 Å². The summed E-state index contributed by atoms with van der Waals surface area (Å²) < 4.78 is 14.4. The van der Waals surface area contributed by atoms with E-state index in [9.17, 15) is 9.50 Å². The molecular weight excluding hydrogens is 297 g/mol. The summed E-state index contributed by atoms with van der Waals surface area (Å²) in [6, 6.07) is 4.77. The van der Waals surface area contributed by atoms with Gasteiger partial charge in [0.15, 0.2) is 0 Å². The fourth-order valence-corrected chi connectivity index (χ4v) is 2.02. The molecule has 2 nitrogen and oxygen atoms in total. The van der Waals surface area contributed by atoms with Crippen LogP contribution in [0.1, 0.15) is 33.3 Å². The number of β-amino-alcohol motifs (C(OH)–C–C–N with tert-alkyl or cyclic N) is 1. The molecule has 102 valence electrons. The molecular formula is C14H21BrFNO. The molecule has 0 spiro atoms. The SMILES string of the molecule is CC(O)(CNC(C)(C)C)Cc1cc(Br)ccc1F. The first-order valence-corrected chi connectivity index (χ1v) is 6.80. The highest BCUT2D eigenvalue weighted by molar-refractivity contribution is 9.10. The van der Waals surface area contributed by atoms with Crippen molar-refractivity contribution in [1.82, 2.24) is 5.32 Å². The Labute approximate surface area is 117 Å². The van der Waals surface area contributed by atoms with Gasteiger partial charge in [-0.1, -0.05) is 15.9 Å². The molecule has 18 heavy (non-hydrogen) atoms. The summed E-state index contributed by atoms with van der Waals surface area (Å²) in [5.41, 5.74) is -0.528. The summed E-state index contributed by atoms with van der Waals surface area (Å²) in [5.74, 6) is -0.283. The molecule has 0 saturated heterocycles. The van der Waals surface area contributed by atoms with Crippen LogP contribution < -0.4 is 5.32 Å². The quantitative estimate of drug-likeness (QED) is 0.893. The van der Waals surface area contributed by atoms with Crippen LogP contribution in [0.5, 0.6) is 0 Å². The molecule has 2 N–H and O–H groups in total. The summed E-state index contributed by atoms with van der Waals surface area (Å²) >= 11 is 3.31. The van der Waals surface area contributed by atoms with Crippen LogP contribution >= 0.6 is 15.9 Å². The predicted octanol–water partition coefficient (Wildman–Crippen LogP) is 3.27. The van der Waals surface area contributed by atoms with Crippen molar-refractivity contribution >= 4 is 15.9 Å². The molecule has 0 aliphatic rings. The lowest BCUT2D eigenvalue weighted by atomic mass is 9.95. The molecule has 1 unspecified atom stereocenters. The standard InChI is InChI=1S/C14H21BrFNO/c1-13(2,3)17-9-14(4,18)8-10-7-11(15)5-6-12(10)16/h5-7,17-18H,8-9H2,1-4H3. The number of rotatable bonds is 4. The Bertz CT molecular complexity index is 413. The minimum absolute atomic E-state index is 0.0696. The third-order valence-electron chi connectivity index (χ3n) is 2.58. The number of aliphatic hydroxyl groups is 1. The van der Waals surface area contributed by atoms with Crippen molar-refractivity contribution in [2.75, 3.05) is 6.54 Å². The van der Waals surface area contributed by atoms with E-state index in [1.165, 1.54) is 6.07 Å². The molecule has 0 amide bonds. The fourth-order valence-electron chi connectivity index (χ4n) is 1.61. The molecule has 1 aromatic rings. The molecule has 0 radical (unpaired) electrons. The third kappa shape index (κ3) is 5.46. The fraction of sp³-hybridized carbons (Fsp3) is 0.571. The van der Waals surface area contributed by atoms with Gasteiger partial charge in [0, 0.05) is 23.0 Å². The Morgan fingerprint density at radius 1 is 1.28 bits per heavy atom. The van der Waals surface area contributed by atoms with Gasteiger partial charge >= 0.3 is 0 Å². The Hall–Kier alpha value is -0.450. The number of halogens is 2. The van der Waals surface area contributed by atoms with E-state index in [1.54, 1.807) is 19.1 Å². The van der Waals surface area contributed by atoms with Gasteiger partial charge in [0.2, 0.25) is 0 Å². The van der Waals surface area contributed by atoms with Crippen molar-refractivity contribution in [2.24, 2.45) is 0 Å². The first-order chi connectivity index (χ1) is 8.09. The molecule has 0 aromatic heterocycles. The van der Waals surface area contributed by atoms with E-state index in [0.29, 0.717) is 12.1 Å². The zero-order valence-corrected chi connectivity index (χ0v) is 12.9. The van der Waals surface area contributed by atoms with Crippen molar-refractivity contribution < 1.29 is 9.50 Å². The molecule has 1 aromatic carbocycles. The summed E-state index contributed by atoms with van der Waals surface area (Å²) in [6.07, 6.45) is 0.279. The van der Waals surface area contributed by atoms with E-state index < -0.39 is 5.60 Å². The van der Waals surface area contributed by atoms with E-state index in [4.69, 9.17) is 0 Å². The lowest BCUT2D eigenvalue weighted by Gasteiger charge is -2.29. The highest BCUT2D eigenvalue weighted by Crippen LogP contribution is 2.20. The summed E-state index contributed by atoms with van der Waals surface area (Å²) in [4.78, 5) is 0. The van der Waals surface area contributed by atoms with Gasteiger partial charge in [-0.2, -0.15) is 0 Å². The maximum absolute atomic E-state index is 13.6. The van der Waals surface area contributed by atoms with E-state index in [-0.39, 0.29) is 17.8 Å². The second-order valence-electron chi connectivity index (χ2n) is 6.01. The van der Waals surface area contributed by atoms with Crippen molar-refractivity contribution in [3.05, 3.63) is 34.1 Å². The largest absolute Gasteiger partial charge is 0.389 e. The van der Waals surface area contributed by atoms with Crippen LogP contribution in [0.4, 0.5) is 4.39 Å². The monoisotopic (exact) mass is 317 g/mol. The van der Waals surface area contributed by atoms with Crippen LogP contribution in [0.2, 0.25) is 0 Å². The highest BCUT2D eigenvalue weighted by Gasteiger charge is 2.24. The number of hydrogen-bond donors (Lipinski definition) is 2. The molecule has 0 heterocycles. The van der Waals surface area contributed by atoms with E-state index in [0.717, 1.165) is 4.47 Å². The number of nitrogens with one attached hydrogen (secondary N) is 1. The van der Waals surface area contributed by atoms with Crippen molar-refractivity contribution in [2.45, 2.75) is 45.3 Å². The lowest BCUT2D eigenvalue weighted by molar-refractivity contribution is 0.0526. The second kappa shape index (κ2) is 5.68. The van der Waals surface area contributed by atoms with Crippen LogP contribution in [0.25, 0.3) is 0 Å². The topological polar surface area (TPSA) is 32.3 Å². The number of benzene rings is 1. The number of hydrogen-bond acceptors (Lipinski definition) is 2. The lowest BCUT2D eigenvalue weighted by Crippen LogP contribution is -2.47. The summed E-state index contributed by atoms with van der Waals surface area (Å²) in [5, 5.41) is 13.5. The smallest absolute Gasteiger partial charge is 0.126 e. The average Bonchev–Trinajstić information content (AvgIpc) is 2.20. The van der Waals surface area contributed by atoms with Crippen LogP contribution in [-0.4, -0.2) is 22.8 Å². The molecule has 1 rings (SSSR count). The van der Waals surface area contributed by atoms with Crippen LogP contribution in [0, 0.1) is 5.82 Å². The van der Waals surface area contributed by atoms with Gasteiger partial charge in [-0.05, 0) is 51.5 Å². The predicted molar refractivity (Wildman–Crippen MR) is 76.2 cm³/mol. The third-order valence-corrected chi connectivity index (χ3v) is 3.07. The molecule has 1 atom stereocenters. The van der Waals surface area contributed by atoms with Crippen LogP contribution in [-0.2, 0) is 6.42 Å². The Morgan fingerprint density at radius 2 is 1.89 bits per heavy atom. The zero-order chi connectivity index (χ0) is 14.0. The van der Waals surface area contributed by atoms with Crippen molar-refractivity contribution in [1.29, 1.82) is 0 Å². The maximum atomic E-state index is 13.6. The van der Waals surface area contributed by atoms with Gasteiger partial charge in [-0.15, -0.1) is 0 Å². The zero-order valence-electron chi connectivity index (χ0n) is 11.3. The van der Waals surface area contributed by atoms with Gasteiger partial charge in [0.25, 0.3) is 0 Å². The summed E-state index contributed by atoms with van der Waals surface area (Å²) in [6.45, 7) is 8.23. The first-order valence-electron chi connectivity index (χ1n) is 6.00. The minimum atomic E-state index is -0.977. The molecule has 0 aliphatic heterocycles. The molecule has 0 bridgehead atoms. The van der Waals surface area contributed by atoms with Crippen LogP contribution in [0.3, 0.4) is 0 Å². The van der Waals surface area contributed by atoms with E-state index in [1.807, 2.05) is 20.8 Å². The van der Waals surface area contributed by atoms with Gasteiger partial charge in [0.05, 0.1) is 5.60 Å². The van der Waals surface area contributed by atoms with Gasteiger partial charge < -0.3 is 10.4 Å². The van der Waals surface area contributed by atoms with Crippen molar-refractivity contribution in [3.63, 3.8) is 0 Å². The summed E-state index contributed by atoms with van der Waals surface area (Å²) in [7, 11) is 0. The van der Waals surface area contributed by atoms with Crippen molar-refractivity contribution in [3.8, 4) is 0 Å². The molecule has 0 saturated carbocycles. The molecule has 0 aliphatic carbocycles. The first kappa shape index (κ1) is 15.6. The average molecular weight is 318 g/mol. The van der Waals surface area contributed by atoms with Gasteiger partial charge in [-0.25, -0.2) is 4.39 Å². The van der Waals surface area contributed by atoms with E-state index in [2.05, 4.69) is 21.2 Å². The Balaban J connectivity index is 2.72. The van der Waals surface area contributed by atoms with Crippen LogP contribution in [0.15, 0.2) is 22.7 Å². The second-order valence-corrected chi connectivity index (χ2v) is 6.93. The molecule has 4 heteroatoms.